The second-order valence-corrected chi connectivity index (χ2v) is 5.91. The minimum atomic E-state index is -0.852. The number of benzene rings is 1. The molecule has 1 aliphatic heterocycles. The summed E-state index contributed by atoms with van der Waals surface area (Å²) in [6.07, 6.45) is 0.321. The molecule has 1 atom stereocenters. The Kier molecular flexibility index (Phi) is 4.47. The largest absolute Gasteiger partial charge is 0.481 e. The third kappa shape index (κ3) is 3.50. The van der Waals surface area contributed by atoms with Crippen molar-refractivity contribution in [3.05, 3.63) is 24.3 Å². The number of nitrogens with zero attached hydrogens (tertiary/aromatic N) is 1. The van der Waals surface area contributed by atoms with E-state index in [2.05, 4.69) is 0 Å². The summed E-state index contributed by atoms with van der Waals surface area (Å²) in [6, 6.07) is 7.85. The number of anilines is 1. The zero-order valence-corrected chi connectivity index (χ0v) is 11.7. The van der Waals surface area contributed by atoms with Crippen molar-refractivity contribution in [3.8, 4) is 0 Å². The summed E-state index contributed by atoms with van der Waals surface area (Å²) in [7, 11) is 0. The minimum absolute atomic E-state index is 0.0153. The highest BCUT2D eigenvalue weighted by atomic mass is 32.2. The highest BCUT2D eigenvalue weighted by Gasteiger charge is 2.24. The number of hydrogen-bond acceptors (Lipinski definition) is 3. The first-order valence-electron chi connectivity index (χ1n) is 6.32. The van der Waals surface area contributed by atoms with Crippen LogP contribution in [0.3, 0.4) is 0 Å². The Morgan fingerprint density at radius 2 is 2.11 bits per heavy atom. The predicted octanol–water partition coefficient (Wildman–Crippen LogP) is 2.63. The summed E-state index contributed by atoms with van der Waals surface area (Å²) in [4.78, 5) is 25.8. The van der Waals surface area contributed by atoms with Crippen LogP contribution in [0, 0.1) is 5.92 Å². The summed E-state index contributed by atoms with van der Waals surface area (Å²) in [5.41, 5.74) is 0.950. The van der Waals surface area contributed by atoms with Crippen molar-refractivity contribution in [2.75, 3.05) is 17.2 Å². The maximum Gasteiger partial charge on any atom is 0.303 e. The SMILES string of the molecule is CC(CC(=O)O)CC(=O)N1CCSc2ccccc21. The van der Waals surface area contributed by atoms with Crippen LogP contribution in [0.1, 0.15) is 19.8 Å². The normalized spacial score (nSPS) is 15.7. The van der Waals surface area contributed by atoms with Crippen molar-refractivity contribution in [3.63, 3.8) is 0 Å². The van der Waals surface area contributed by atoms with Crippen LogP contribution >= 0.6 is 11.8 Å². The average molecular weight is 279 g/mol. The number of aliphatic carboxylic acids is 1. The van der Waals surface area contributed by atoms with Crippen LogP contribution in [-0.2, 0) is 9.59 Å². The fraction of sp³-hybridized carbons (Fsp3) is 0.429. The van der Waals surface area contributed by atoms with E-state index in [0.29, 0.717) is 6.54 Å². The molecule has 0 aromatic heterocycles. The third-order valence-corrected chi connectivity index (χ3v) is 4.12. The molecule has 5 heteroatoms. The van der Waals surface area contributed by atoms with Gasteiger partial charge in [0, 0.05) is 30.0 Å². The maximum absolute atomic E-state index is 12.3. The first kappa shape index (κ1) is 13.9. The van der Waals surface area contributed by atoms with E-state index in [1.807, 2.05) is 24.3 Å². The van der Waals surface area contributed by atoms with Gasteiger partial charge in [0.1, 0.15) is 0 Å². The van der Waals surface area contributed by atoms with E-state index in [0.717, 1.165) is 16.3 Å². The van der Waals surface area contributed by atoms with Gasteiger partial charge in [-0.1, -0.05) is 19.1 Å². The Labute approximate surface area is 116 Å². The molecule has 2 rings (SSSR count). The molecule has 0 spiro atoms. The second kappa shape index (κ2) is 6.10. The molecule has 4 nitrogen and oxygen atoms in total. The van der Waals surface area contributed by atoms with Crippen molar-refractivity contribution in [1.29, 1.82) is 0 Å². The minimum Gasteiger partial charge on any atom is -0.481 e. The summed E-state index contributed by atoms with van der Waals surface area (Å²) < 4.78 is 0. The highest BCUT2D eigenvalue weighted by molar-refractivity contribution is 7.99. The third-order valence-electron chi connectivity index (χ3n) is 3.08. The topological polar surface area (TPSA) is 57.6 Å². The predicted molar refractivity (Wildman–Crippen MR) is 75.6 cm³/mol. The Balaban J connectivity index is 2.06. The monoisotopic (exact) mass is 279 g/mol. The number of rotatable bonds is 4. The molecule has 0 saturated heterocycles. The molecule has 0 saturated carbocycles. The van der Waals surface area contributed by atoms with Crippen molar-refractivity contribution < 1.29 is 14.7 Å². The molecule has 1 heterocycles. The van der Waals surface area contributed by atoms with Crippen LogP contribution < -0.4 is 4.90 Å². The fourth-order valence-electron chi connectivity index (χ4n) is 2.21. The van der Waals surface area contributed by atoms with E-state index in [1.165, 1.54) is 0 Å². The van der Waals surface area contributed by atoms with Crippen molar-refractivity contribution in [2.24, 2.45) is 5.92 Å². The molecule has 1 unspecified atom stereocenters. The Bertz CT molecular complexity index is 489. The van der Waals surface area contributed by atoms with Gasteiger partial charge in [0.15, 0.2) is 0 Å². The number of thioether (sulfide) groups is 1. The first-order valence-corrected chi connectivity index (χ1v) is 7.30. The Hall–Kier alpha value is -1.49. The lowest BCUT2D eigenvalue weighted by Gasteiger charge is -2.29. The quantitative estimate of drug-likeness (QED) is 0.920. The summed E-state index contributed by atoms with van der Waals surface area (Å²) in [5.74, 6) is -0.0843. The highest BCUT2D eigenvalue weighted by Crippen LogP contribution is 2.34. The number of hydrogen-bond donors (Lipinski definition) is 1. The molecule has 0 aliphatic carbocycles. The van der Waals surface area contributed by atoms with Gasteiger partial charge in [0.2, 0.25) is 5.91 Å². The van der Waals surface area contributed by atoms with E-state index < -0.39 is 5.97 Å². The molecule has 102 valence electrons. The van der Waals surface area contributed by atoms with Crippen LogP contribution in [0.5, 0.6) is 0 Å². The van der Waals surface area contributed by atoms with Gasteiger partial charge in [-0.15, -0.1) is 11.8 Å². The summed E-state index contributed by atoms with van der Waals surface area (Å²) in [6.45, 7) is 2.50. The smallest absolute Gasteiger partial charge is 0.303 e. The molecule has 1 amide bonds. The summed E-state index contributed by atoms with van der Waals surface area (Å²) in [5, 5.41) is 8.74. The van der Waals surface area contributed by atoms with Crippen LogP contribution in [0.4, 0.5) is 5.69 Å². The molecular weight excluding hydrogens is 262 g/mol. The number of para-hydroxylation sites is 1. The Morgan fingerprint density at radius 1 is 1.37 bits per heavy atom. The lowest BCUT2D eigenvalue weighted by atomic mass is 10.0. The van der Waals surface area contributed by atoms with Crippen molar-refractivity contribution in [1.82, 2.24) is 0 Å². The second-order valence-electron chi connectivity index (χ2n) is 4.77. The van der Waals surface area contributed by atoms with E-state index in [9.17, 15) is 9.59 Å². The van der Waals surface area contributed by atoms with Crippen LogP contribution in [0.15, 0.2) is 29.2 Å². The standard InChI is InChI=1S/C14H17NO3S/c1-10(9-14(17)18)8-13(16)15-6-7-19-12-5-3-2-4-11(12)15/h2-5,10H,6-9H2,1H3,(H,17,18). The van der Waals surface area contributed by atoms with Gasteiger partial charge in [0.25, 0.3) is 0 Å². The molecule has 1 aliphatic rings. The van der Waals surface area contributed by atoms with Crippen molar-refractivity contribution >= 4 is 29.3 Å². The van der Waals surface area contributed by atoms with Gasteiger partial charge in [-0.05, 0) is 18.1 Å². The number of carboxylic acids is 1. The molecular formula is C14H17NO3S. The van der Waals surface area contributed by atoms with Crippen molar-refractivity contribution in [2.45, 2.75) is 24.7 Å². The molecule has 0 fully saturated rings. The maximum atomic E-state index is 12.3. The number of fused-ring (bicyclic) bond motifs is 1. The number of carboxylic acid groups (broad SMARTS) is 1. The molecule has 0 radical (unpaired) electrons. The number of carbonyl (C=O) groups excluding carboxylic acids is 1. The van der Waals surface area contributed by atoms with E-state index in [4.69, 9.17) is 5.11 Å². The van der Waals surface area contributed by atoms with Gasteiger partial charge < -0.3 is 10.0 Å². The van der Waals surface area contributed by atoms with E-state index >= 15 is 0 Å². The summed E-state index contributed by atoms with van der Waals surface area (Å²) >= 11 is 1.75. The molecule has 0 bridgehead atoms. The molecule has 1 aromatic carbocycles. The molecule has 19 heavy (non-hydrogen) atoms. The van der Waals surface area contributed by atoms with Gasteiger partial charge in [-0.25, -0.2) is 0 Å². The van der Waals surface area contributed by atoms with Gasteiger partial charge in [-0.3, -0.25) is 9.59 Å². The number of carbonyl (C=O) groups is 2. The van der Waals surface area contributed by atoms with Crippen LogP contribution in [0.25, 0.3) is 0 Å². The van der Waals surface area contributed by atoms with Crippen LogP contribution in [-0.4, -0.2) is 29.3 Å². The zero-order valence-electron chi connectivity index (χ0n) is 10.8. The Morgan fingerprint density at radius 3 is 2.84 bits per heavy atom. The van der Waals surface area contributed by atoms with Crippen LogP contribution in [0.2, 0.25) is 0 Å². The molecule has 1 N–H and O–H groups in total. The number of amides is 1. The lowest BCUT2D eigenvalue weighted by molar-refractivity contribution is -0.138. The zero-order chi connectivity index (χ0) is 13.8. The van der Waals surface area contributed by atoms with Gasteiger partial charge in [0.05, 0.1) is 5.69 Å². The molecule has 1 aromatic rings. The fourth-order valence-corrected chi connectivity index (χ4v) is 3.20. The van der Waals surface area contributed by atoms with E-state index in [1.54, 1.807) is 23.6 Å². The van der Waals surface area contributed by atoms with Gasteiger partial charge in [-0.2, -0.15) is 0 Å². The lowest BCUT2D eigenvalue weighted by Crippen LogP contribution is -2.36. The first-order chi connectivity index (χ1) is 9.08. The van der Waals surface area contributed by atoms with Gasteiger partial charge >= 0.3 is 5.97 Å². The van der Waals surface area contributed by atoms with E-state index in [-0.39, 0.29) is 24.7 Å². The average Bonchev–Trinajstić information content (AvgIpc) is 2.36.